The topological polar surface area (TPSA) is 68.0 Å². The Labute approximate surface area is 161 Å². The Morgan fingerprint density at radius 1 is 1.23 bits per heavy atom. The molecule has 0 aliphatic rings. The second-order valence-electron chi connectivity index (χ2n) is 5.88. The van der Waals surface area contributed by atoms with Crippen LogP contribution in [0, 0.1) is 6.92 Å². The monoisotopic (exact) mass is 387 g/mol. The maximum atomic E-state index is 12.2. The number of benzene rings is 2. The highest BCUT2D eigenvalue weighted by Crippen LogP contribution is 2.24. The highest BCUT2D eigenvalue weighted by molar-refractivity contribution is 7.99. The third-order valence-corrected chi connectivity index (χ3v) is 4.78. The van der Waals surface area contributed by atoms with Gasteiger partial charge in [0, 0.05) is 10.6 Å². The smallest absolute Gasteiger partial charge is 0.277 e. The lowest BCUT2D eigenvalue weighted by Gasteiger charge is -2.14. The minimum Gasteiger partial charge on any atom is -0.411 e. The predicted molar refractivity (Wildman–Crippen MR) is 103 cm³/mol. The van der Waals surface area contributed by atoms with Crippen LogP contribution in [-0.2, 0) is 4.79 Å². The Morgan fingerprint density at radius 2 is 2.04 bits per heavy atom. The molecule has 0 saturated heterocycles. The molecule has 3 aromatic rings. The molecule has 1 amide bonds. The minimum absolute atomic E-state index is 0.113. The zero-order valence-electron chi connectivity index (χ0n) is 14.4. The first kappa shape index (κ1) is 18.5. The van der Waals surface area contributed by atoms with Gasteiger partial charge in [-0.2, -0.15) is 0 Å². The Kier molecular flexibility index (Phi) is 5.96. The molecule has 0 aliphatic heterocycles. The average molecular weight is 388 g/mol. The van der Waals surface area contributed by atoms with Crippen molar-refractivity contribution in [3.63, 3.8) is 0 Å². The number of hydrogen-bond donors (Lipinski definition) is 1. The summed E-state index contributed by atoms with van der Waals surface area (Å²) in [6.07, 6.45) is 0. The first-order chi connectivity index (χ1) is 12.5. The molecule has 1 heterocycles. The van der Waals surface area contributed by atoms with Gasteiger partial charge in [-0.1, -0.05) is 53.2 Å². The van der Waals surface area contributed by atoms with Crippen LogP contribution >= 0.6 is 23.4 Å². The number of thioether (sulfide) groups is 1. The van der Waals surface area contributed by atoms with Gasteiger partial charge in [-0.15, -0.1) is 10.2 Å². The molecule has 26 heavy (non-hydrogen) atoms. The van der Waals surface area contributed by atoms with Gasteiger partial charge >= 0.3 is 0 Å². The highest BCUT2D eigenvalue weighted by atomic mass is 35.5. The SMILES string of the molecule is Cc1cccc(-c2nnc(SCC(=O)N[C@H](C)c3cccc(Cl)c3)o2)c1. The standard InChI is InChI=1S/C19H18ClN3O2S/c1-12-5-3-7-15(9-12)18-22-23-19(25-18)26-11-17(24)21-13(2)14-6-4-8-16(20)10-14/h3-10,13H,11H2,1-2H3,(H,21,24)/t13-/m1/s1. The van der Waals surface area contributed by atoms with E-state index in [0.717, 1.165) is 16.7 Å². The average Bonchev–Trinajstić information content (AvgIpc) is 3.09. The van der Waals surface area contributed by atoms with Crippen LogP contribution in [0.15, 0.2) is 58.2 Å². The number of rotatable bonds is 6. The summed E-state index contributed by atoms with van der Waals surface area (Å²) in [5.74, 6) is 0.530. The molecule has 0 saturated carbocycles. The molecule has 1 aromatic heterocycles. The Morgan fingerprint density at radius 3 is 2.81 bits per heavy atom. The second kappa shape index (κ2) is 8.38. The Hall–Kier alpha value is -2.31. The van der Waals surface area contributed by atoms with Gasteiger partial charge in [0.15, 0.2) is 0 Å². The van der Waals surface area contributed by atoms with E-state index in [-0.39, 0.29) is 17.7 Å². The van der Waals surface area contributed by atoms with Crippen LogP contribution in [0.25, 0.3) is 11.5 Å². The molecule has 1 atom stereocenters. The molecule has 0 radical (unpaired) electrons. The summed E-state index contributed by atoms with van der Waals surface area (Å²) in [5.41, 5.74) is 2.93. The largest absolute Gasteiger partial charge is 0.411 e. The summed E-state index contributed by atoms with van der Waals surface area (Å²) in [5, 5.41) is 12.0. The van der Waals surface area contributed by atoms with Crippen molar-refractivity contribution in [3.8, 4) is 11.5 Å². The van der Waals surface area contributed by atoms with Crippen molar-refractivity contribution in [1.29, 1.82) is 0 Å². The Bertz CT molecular complexity index is 913. The van der Waals surface area contributed by atoms with Crippen molar-refractivity contribution in [2.75, 3.05) is 5.75 Å². The summed E-state index contributed by atoms with van der Waals surface area (Å²) in [7, 11) is 0. The fourth-order valence-electron chi connectivity index (χ4n) is 2.43. The lowest BCUT2D eigenvalue weighted by Crippen LogP contribution is -2.28. The molecule has 0 spiro atoms. The predicted octanol–water partition coefficient (Wildman–Crippen LogP) is 4.67. The summed E-state index contributed by atoms with van der Waals surface area (Å²) >= 11 is 7.19. The minimum atomic E-state index is -0.132. The maximum Gasteiger partial charge on any atom is 0.277 e. The van der Waals surface area contributed by atoms with Crippen LogP contribution in [-0.4, -0.2) is 21.9 Å². The number of nitrogens with zero attached hydrogens (tertiary/aromatic N) is 2. The van der Waals surface area contributed by atoms with Crippen LogP contribution in [0.4, 0.5) is 0 Å². The van der Waals surface area contributed by atoms with Crippen LogP contribution < -0.4 is 5.32 Å². The van der Waals surface area contributed by atoms with E-state index in [2.05, 4.69) is 15.5 Å². The Balaban J connectivity index is 1.55. The number of carbonyl (C=O) groups is 1. The zero-order valence-corrected chi connectivity index (χ0v) is 16.0. The van der Waals surface area contributed by atoms with Crippen molar-refractivity contribution in [3.05, 3.63) is 64.7 Å². The van der Waals surface area contributed by atoms with Crippen molar-refractivity contribution in [2.24, 2.45) is 0 Å². The van der Waals surface area contributed by atoms with Gasteiger partial charge in [0.1, 0.15) is 0 Å². The van der Waals surface area contributed by atoms with E-state index in [1.165, 1.54) is 11.8 Å². The van der Waals surface area contributed by atoms with E-state index in [1.807, 2.05) is 56.3 Å². The molecule has 134 valence electrons. The number of amides is 1. The van der Waals surface area contributed by atoms with Crippen molar-refractivity contribution < 1.29 is 9.21 Å². The first-order valence-electron chi connectivity index (χ1n) is 8.09. The maximum absolute atomic E-state index is 12.2. The van der Waals surface area contributed by atoms with Crippen LogP contribution in [0.3, 0.4) is 0 Å². The second-order valence-corrected chi connectivity index (χ2v) is 7.24. The van der Waals surface area contributed by atoms with E-state index in [4.69, 9.17) is 16.0 Å². The van der Waals surface area contributed by atoms with E-state index in [1.54, 1.807) is 6.07 Å². The molecule has 5 nitrogen and oxygen atoms in total. The summed E-state index contributed by atoms with van der Waals surface area (Å²) in [6, 6.07) is 15.1. The van der Waals surface area contributed by atoms with Gasteiger partial charge in [0.05, 0.1) is 11.8 Å². The normalized spacial score (nSPS) is 12.0. The molecule has 1 N–H and O–H groups in total. The first-order valence-corrected chi connectivity index (χ1v) is 9.46. The van der Waals surface area contributed by atoms with Crippen LogP contribution in [0.5, 0.6) is 0 Å². The number of halogens is 1. The number of aryl methyl sites for hydroxylation is 1. The molecule has 2 aromatic carbocycles. The molecule has 0 bridgehead atoms. The van der Waals surface area contributed by atoms with Gasteiger partial charge in [-0.05, 0) is 43.7 Å². The molecule has 7 heteroatoms. The highest BCUT2D eigenvalue weighted by Gasteiger charge is 2.13. The fourth-order valence-corrected chi connectivity index (χ4v) is 3.21. The summed E-state index contributed by atoms with van der Waals surface area (Å²) in [4.78, 5) is 12.2. The summed E-state index contributed by atoms with van der Waals surface area (Å²) in [6.45, 7) is 3.91. The fraction of sp³-hybridized carbons (Fsp3) is 0.211. The molecule has 0 aliphatic carbocycles. The quantitative estimate of drug-likeness (QED) is 0.622. The number of carbonyl (C=O) groups excluding carboxylic acids is 1. The van der Waals surface area contributed by atoms with Crippen molar-refractivity contribution in [2.45, 2.75) is 25.1 Å². The van der Waals surface area contributed by atoms with Crippen LogP contribution in [0.1, 0.15) is 24.1 Å². The van der Waals surface area contributed by atoms with E-state index in [9.17, 15) is 4.79 Å². The number of aromatic nitrogens is 2. The summed E-state index contributed by atoms with van der Waals surface area (Å²) < 4.78 is 5.62. The lowest BCUT2D eigenvalue weighted by molar-refractivity contribution is -0.119. The zero-order chi connectivity index (χ0) is 18.5. The van der Waals surface area contributed by atoms with Crippen molar-refractivity contribution >= 4 is 29.3 Å². The van der Waals surface area contributed by atoms with Gasteiger partial charge in [-0.3, -0.25) is 4.79 Å². The van der Waals surface area contributed by atoms with Gasteiger partial charge in [0.2, 0.25) is 11.8 Å². The third-order valence-electron chi connectivity index (χ3n) is 3.72. The third kappa shape index (κ3) is 4.86. The molecular weight excluding hydrogens is 370 g/mol. The van der Waals surface area contributed by atoms with Crippen molar-refractivity contribution in [1.82, 2.24) is 15.5 Å². The molecular formula is C19H18ClN3O2S. The molecule has 3 rings (SSSR count). The molecule has 0 fully saturated rings. The van der Waals surface area contributed by atoms with E-state index < -0.39 is 0 Å². The number of hydrogen-bond acceptors (Lipinski definition) is 5. The van der Waals surface area contributed by atoms with Crippen LogP contribution in [0.2, 0.25) is 5.02 Å². The number of nitrogens with one attached hydrogen (secondary N) is 1. The lowest BCUT2D eigenvalue weighted by atomic mass is 10.1. The van der Waals surface area contributed by atoms with E-state index >= 15 is 0 Å². The molecule has 0 unspecified atom stereocenters. The van der Waals surface area contributed by atoms with Gasteiger partial charge in [0.25, 0.3) is 5.22 Å². The van der Waals surface area contributed by atoms with E-state index in [0.29, 0.717) is 16.1 Å². The van der Waals surface area contributed by atoms with Gasteiger partial charge in [-0.25, -0.2) is 0 Å². The van der Waals surface area contributed by atoms with Gasteiger partial charge < -0.3 is 9.73 Å².